The van der Waals surface area contributed by atoms with Gasteiger partial charge in [-0.1, -0.05) is 12.1 Å². The molecular formula is C22H23N3O3. The Bertz CT molecular complexity index is 945. The minimum Gasteiger partial charge on any atom is -0.467 e. The summed E-state index contributed by atoms with van der Waals surface area (Å²) in [5.41, 5.74) is 4.16. The number of furan rings is 1. The second-order valence-corrected chi connectivity index (χ2v) is 6.62. The lowest BCUT2D eigenvalue weighted by Crippen LogP contribution is -2.23. The molecule has 0 saturated heterocycles. The Morgan fingerprint density at radius 3 is 2.43 bits per heavy atom. The lowest BCUT2D eigenvalue weighted by Gasteiger charge is -2.10. The molecule has 1 aromatic heterocycles. The molecule has 0 aliphatic rings. The van der Waals surface area contributed by atoms with Crippen LogP contribution in [-0.2, 0) is 11.3 Å². The molecule has 144 valence electrons. The van der Waals surface area contributed by atoms with E-state index in [4.69, 9.17) is 4.42 Å². The molecule has 0 aliphatic carbocycles. The number of benzene rings is 2. The number of carbonyl (C=O) groups excluding carboxylic acids is 2. The number of nitrogens with one attached hydrogen (secondary N) is 3. The highest BCUT2D eigenvalue weighted by Crippen LogP contribution is 2.14. The third-order valence-electron chi connectivity index (χ3n) is 4.09. The third-order valence-corrected chi connectivity index (χ3v) is 4.09. The first kappa shape index (κ1) is 19.2. The van der Waals surface area contributed by atoms with Gasteiger partial charge in [-0.3, -0.25) is 9.59 Å². The number of carbonyl (C=O) groups is 2. The quantitative estimate of drug-likeness (QED) is 0.583. The van der Waals surface area contributed by atoms with E-state index in [0.717, 1.165) is 16.8 Å². The molecule has 0 bridgehead atoms. The van der Waals surface area contributed by atoms with Crippen LogP contribution < -0.4 is 16.0 Å². The second kappa shape index (κ2) is 8.90. The predicted octanol–water partition coefficient (Wildman–Crippen LogP) is 3.88. The van der Waals surface area contributed by atoms with Gasteiger partial charge in [0, 0.05) is 16.9 Å². The average molecular weight is 377 g/mol. The molecule has 2 amide bonds. The first-order valence-corrected chi connectivity index (χ1v) is 9.02. The molecule has 0 unspecified atom stereocenters. The van der Waals surface area contributed by atoms with Gasteiger partial charge in [-0.25, -0.2) is 0 Å². The second-order valence-electron chi connectivity index (χ2n) is 6.62. The molecule has 3 aromatic rings. The molecule has 6 nitrogen and oxygen atoms in total. The maximum atomic E-state index is 12.3. The molecule has 0 radical (unpaired) electrons. The number of aryl methyl sites for hydroxylation is 2. The van der Waals surface area contributed by atoms with Gasteiger partial charge < -0.3 is 20.4 Å². The summed E-state index contributed by atoms with van der Waals surface area (Å²) in [7, 11) is 0. The van der Waals surface area contributed by atoms with Crippen LogP contribution in [0.15, 0.2) is 65.3 Å². The highest BCUT2D eigenvalue weighted by atomic mass is 16.3. The standard InChI is InChI=1S/C22H23N3O3/c1-15-9-16(2)11-19(10-15)25-21(26)14-23-18-6-3-5-17(12-18)22(27)24-13-20-7-4-8-28-20/h3-12,23H,13-14H2,1-2H3,(H,24,27)(H,25,26). The lowest BCUT2D eigenvalue weighted by atomic mass is 10.1. The molecule has 0 saturated carbocycles. The van der Waals surface area contributed by atoms with Crippen LogP contribution in [-0.4, -0.2) is 18.4 Å². The van der Waals surface area contributed by atoms with Crippen molar-refractivity contribution in [1.82, 2.24) is 5.32 Å². The molecule has 28 heavy (non-hydrogen) atoms. The van der Waals surface area contributed by atoms with E-state index < -0.39 is 0 Å². The van der Waals surface area contributed by atoms with E-state index in [0.29, 0.717) is 23.6 Å². The molecule has 3 rings (SSSR count). The van der Waals surface area contributed by atoms with Crippen LogP contribution >= 0.6 is 0 Å². The van der Waals surface area contributed by atoms with Crippen LogP contribution in [0.3, 0.4) is 0 Å². The van der Waals surface area contributed by atoms with Gasteiger partial charge in [0.25, 0.3) is 5.91 Å². The predicted molar refractivity (Wildman–Crippen MR) is 109 cm³/mol. The summed E-state index contributed by atoms with van der Waals surface area (Å²) < 4.78 is 5.20. The summed E-state index contributed by atoms with van der Waals surface area (Å²) in [6, 6.07) is 16.5. The lowest BCUT2D eigenvalue weighted by molar-refractivity contribution is -0.114. The van der Waals surface area contributed by atoms with Crippen molar-refractivity contribution in [1.29, 1.82) is 0 Å². The first-order chi connectivity index (χ1) is 13.5. The Kier molecular flexibility index (Phi) is 6.11. The molecule has 0 fully saturated rings. The van der Waals surface area contributed by atoms with Crippen LogP contribution in [0, 0.1) is 13.8 Å². The number of anilines is 2. The van der Waals surface area contributed by atoms with Crippen molar-refractivity contribution in [3.8, 4) is 0 Å². The molecule has 0 aliphatic heterocycles. The number of hydrogen-bond acceptors (Lipinski definition) is 4. The van der Waals surface area contributed by atoms with Crippen molar-refractivity contribution >= 4 is 23.2 Å². The zero-order valence-electron chi connectivity index (χ0n) is 15.9. The van der Waals surface area contributed by atoms with Gasteiger partial charge in [-0.05, 0) is 67.4 Å². The summed E-state index contributed by atoms with van der Waals surface area (Å²) in [5, 5.41) is 8.72. The number of rotatable bonds is 7. The van der Waals surface area contributed by atoms with Gasteiger partial charge in [0.2, 0.25) is 5.91 Å². The van der Waals surface area contributed by atoms with Gasteiger partial charge in [0.1, 0.15) is 5.76 Å². The fraction of sp³-hybridized carbons (Fsp3) is 0.182. The fourth-order valence-electron chi connectivity index (χ4n) is 2.89. The van der Waals surface area contributed by atoms with E-state index in [-0.39, 0.29) is 18.4 Å². The minimum absolute atomic E-state index is 0.102. The van der Waals surface area contributed by atoms with E-state index in [1.54, 1.807) is 36.6 Å². The van der Waals surface area contributed by atoms with Crippen molar-refractivity contribution in [3.63, 3.8) is 0 Å². The molecule has 2 aromatic carbocycles. The van der Waals surface area contributed by atoms with E-state index in [1.807, 2.05) is 32.0 Å². The third kappa shape index (κ3) is 5.48. The Labute approximate surface area is 164 Å². The average Bonchev–Trinajstić information content (AvgIpc) is 3.17. The Balaban J connectivity index is 1.53. The summed E-state index contributed by atoms with van der Waals surface area (Å²) >= 11 is 0. The first-order valence-electron chi connectivity index (χ1n) is 9.02. The monoisotopic (exact) mass is 377 g/mol. The topological polar surface area (TPSA) is 83.4 Å². The molecule has 0 atom stereocenters. The van der Waals surface area contributed by atoms with Crippen molar-refractivity contribution in [2.75, 3.05) is 17.2 Å². The number of amides is 2. The normalized spacial score (nSPS) is 10.4. The van der Waals surface area contributed by atoms with Gasteiger partial charge in [-0.2, -0.15) is 0 Å². The fourth-order valence-corrected chi connectivity index (χ4v) is 2.89. The zero-order chi connectivity index (χ0) is 19.9. The molecule has 6 heteroatoms. The molecule has 1 heterocycles. The van der Waals surface area contributed by atoms with Gasteiger partial charge >= 0.3 is 0 Å². The van der Waals surface area contributed by atoms with Crippen LogP contribution in [0.25, 0.3) is 0 Å². The van der Waals surface area contributed by atoms with Crippen LogP contribution in [0.1, 0.15) is 27.2 Å². The maximum absolute atomic E-state index is 12.3. The van der Waals surface area contributed by atoms with Crippen LogP contribution in [0.5, 0.6) is 0 Å². The SMILES string of the molecule is Cc1cc(C)cc(NC(=O)CNc2cccc(C(=O)NCc3ccco3)c2)c1. The van der Waals surface area contributed by atoms with Crippen molar-refractivity contribution in [3.05, 3.63) is 83.3 Å². The highest BCUT2D eigenvalue weighted by molar-refractivity contribution is 5.96. The van der Waals surface area contributed by atoms with Crippen molar-refractivity contribution in [2.24, 2.45) is 0 Å². The summed E-state index contributed by atoms with van der Waals surface area (Å²) in [4.78, 5) is 24.5. The Hall–Kier alpha value is -3.54. The smallest absolute Gasteiger partial charge is 0.251 e. The zero-order valence-corrected chi connectivity index (χ0v) is 15.9. The molecule has 0 spiro atoms. The summed E-state index contributed by atoms with van der Waals surface area (Å²) in [5.74, 6) is 0.322. The van der Waals surface area contributed by atoms with Crippen molar-refractivity contribution in [2.45, 2.75) is 20.4 Å². The number of hydrogen-bond donors (Lipinski definition) is 3. The Morgan fingerprint density at radius 1 is 0.929 bits per heavy atom. The summed E-state index contributed by atoms with van der Waals surface area (Å²) in [6.45, 7) is 4.40. The molecule has 3 N–H and O–H groups in total. The Morgan fingerprint density at radius 2 is 1.71 bits per heavy atom. The van der Waals surface area contributed by atoms with Crippen molar-refractivity contribution < 1.29 is 14.0 Å². The van der Waals surface area contributed by atoms with Gasteiger partial charge in [0.15, 0.2) is 0 Å². The van der Waals surface area contributed by atoms with Gasteiger partial charge in [-0.15, -0.1) is 0 Å². The molecular weight excluding hydrogens is 354 g/mol. The summed E-state index contributed by atoms with van der Waals surface area (Å²) in [6.07, 6.45) is 1.56. The van der Waals surface area contributed by atoms with Gasteiger partial charge in [0.05, 0.1) is 19.4 Å². The maximum Gasteiger partial charge on any atom is 0.251 e. The highest BCUT2D eigenvalue weighted by Gasteiger charge is 2.08. The van der Waals surface area contributed by atoms with Crippen LogP contribution in [0.2, 0.25) is 0 Å². The minimum atomic E-state index is -0.209. The van der Waals surface area contributed by atoms with E-state index in [1.165, 1.54) is 0 Å². The van der Waals surface area contributed by atoms with E-state index in [2.05, 4.69) is 22.0 Å². The largest absolute Gasteiger partial charge is 0.467 e. The van der Waals surface area contributed by atoms with E-state index in [9.17, 15) is 9.59 Å². The van der Waals surface area contributed by atoms with Crippen LogP contribution in [0.4, 0.5) is 11.4 Å². The van der Waals surface area contributed by atoms with E-state index >= 15 is 0 Å².